The van der Waals surface area contributed by atoms with Gasteiger partial charge in [-0.2, -0.15) is 8.42 Å². The number of hydrogen-bond acceptors (Lipinski definition) is 5. The van der Waals surface area contributed by atoms with Gasteiger partial charge >= 0.3 is 10.1 Å². The molecule has 0 heterocycles. The van der Waals surface area contributed by atoms with Crippen LogP contribution in [-0.2, 0) is 10.1 Å². The van der Waals surface area contributed by atoms with Crippen molar-refractivity contribution >= 4 is 27.2 Å². The van der Waals surface area contributed by atoms with Crippen molar-refractivity contribution in [2.24, 2.45) is 0 Å². The number of anilines is 3. The Hall–Kier alpha value is -3.77. The summed E-state index contributed by atoms with van der Waals surface area (Å²) < 4.78 is 26.0. The van der Waals surface area contributed by atoms with Crippen LogP contribution in [0.2, 0.25) is 0 Å². The number of nitrogens with one attached hydrogen (secondary N) is 1. The summed E-state index contributed by atoms with van der Waals surface area (Å²) in [7, 11) is -3.39. The van der Waals surface area contributed by atoms with Gasteiger partial charge in [0.15, 0.2) is 0 Å². The van der Waals surface area contributed by atoms with Gasteiger partial charge in [-0.25, -0.2) is 0 Å². The second kappa shape index (κ2) is 13.5. The van der Waals surface area contributed by atoms with Gasteiger partial charge in [0.2, 0.25) is 0 Å². The SMILES string of the molecule is Cc1ccc(Nc2c(C)cccc2C)cc1.Cc1ccc(OS(C)(=O)=O)cc1.Cc1cccc(C)c1N. The molecule has 0 saturated carbocycles. The average Bonchev–Trinajstić information content (AvgIpc) is 2.83. The predicted octanol–water partition coefficient (Wildman–Crippen LogP) is 7.57. The van der Waals surface area contributed by atoms with E-state index in [4.69, 9.17) is 5.73 Å². The molecule has 4 aromatic carbocycles. The van der Waals surface area contributed by atoms with E-state index in [1.165, 1.54) is 22.4 Å². The van der Waals surface area contributed by atoms with Gasteiger partial charge in [0.25, 0.3) is 0 Å². The van der Waals surface area contributed by atoms with Crippen LogP contribution in [0.15, 0.2) is 84.9 Å². The van der Waals surface area contributed by atoms with Crippen molar-refractivity contribution < 1.29 is 12.6 Å². The Bertz CT molecular complexity index is 1360. The summed E-state index contributed by atoms with van der Waals surface area (Å²) in [6.45, 7) is 12.3. The first-order chi connectivity index (χ1) is 17.4. The van der Waals surface area contributed by atoms with E-state index in [1.54, 1.807) is 24.3 Å². The molecule has 0 radical (unpaired) electrons. The zero-order chi connectivity index (χ0) is 27.6. The molecule has 4 rings (SSSR count). The molecule has 196 valence electrons. The van der Waals surface area contributed by atoms with Gasteiger partial charge in [0, 0.05) is 17.1 Å². The molecular weight excluding hydrogens is 480 g/mol. The van der Waals surface area contributed by atoms with Gasteiger partial charge in [-0.3, -0.25) is 0 Å². The second-order valence-electron chi connectivity index (χ2n) is 9.16. The summed E-state index contributed by atoms with van der Waals surface area (Å²) in [5, 5.41) is 3.47. The molecule has 5 nitrogen and oxygen atoms in total. The molecular formula is C31H38N2O3S. The molecule has 0 atom stereocenters. The van der Waals surface area contributed by atoms with Crippen molar-refractivity contribution in [3.63, 3.8) is 0 Å². The van der Waals surface area contributed by atoms with Gasteiger partial charge in [-0.15, -0.1) is 0 Å². The average molecular weight is 519 g/mol. The van der Waals surface area contributed by atoms with Crippen LogP contribution >= 0.6 is 0 Å². The first kappa shape index (κ1) is 29.5. The molecule has 0 bridgehead atoms. The smallest absolute Gasteiger partial charge is 0.306 e. The number of nitrogens with two attached hydrogens (primary N) is 1. The second-order valence-corrected chi connectivity index (χ2v) is 10.7. The standard InChI is InChI=1S/C15H17N.C8H11N.C8H10O3S/c1-11-7-9-14(10-8-11)16-15-12(2)5-4-6-13(15)3;1-6-4-3-5-7(2)8(6)9;1-7-3-5-8(6-4-7)11-12(2,9)10/h4-10,16H,1-3H3;3-5H,9H2,1-2H3;3-6H,1-2H3. The van der Waals surface area contributed by atoms with Crippen LogP contribution in [0.5, 0.6) is 5.75 Å². The number of benzene rings is 4. The monoisotopic (exact) mass is 518 g/mol. The third kappa shape index (κ3) is 10.4. The largest absolute Gasteiger partial charge is 0.398 e. The summed E-state index contributed by atoms with van der Waals surface area (Å²) in [6.07, 6.45) is 1.02. The highest BCUT2D eigenvalue weighted by Crippen LogP contribution is 2.24. The molecule has 0 aliphatic heterocycles. The third-order valence-corrected chi connectivity index (χ3v) is 6.11. The van der Waals surface area contributed by atoms with Crippen molar-refractivity contribution in [1.82, 2.24) is 0 Å². The number of aryl methyl sites for hydroxylation is 6. The molecule has 0 saturated heterocycles. The molecule has 0 aliphatic carbocycles. The quantitative estimate of drug-likeness (QED) is 0.215. The van der Waals surface area contributed by atoms with Crippen LogP contribution in [0.25, 0.3) is 0 Å². The molecule has 0 unspecified atom stereocenters. The van der Waals surface area contributed by atoms with Gasteiger partial charge in [0.1, 0.15) is 5.75 Å². The highest BCUT2D eigenvalue weighted by molar-refractivity contribution is 7.86. The topological polar surface area (TPSA) is 81.4 Å². The van der Waals surface area contributed by atoms with E-state index in [9.17, 15) is 8.42 Å². The Labute approximate surface area is 222 Å². The van der Waals surface area contributed by atoms with Crippen molar-refractivity contribution in [3.8, 4) is 5.75 Å². The molecule has 6 heteroatoms. The summed E-state index contributed by atoms with van der Waals surface area (Å²) >= 11 is 0. The van der Waals surface area contributed by atoms with Gasteiger partial charge in [-0.05, 0) is 88.1 Å². The van der Waals surface area contributed by atoms with E-state index in [-0.39, 0.29) is 0 Å². The molecule has 0 aromatic heterocycles. The van der Waals surface area contributed by atoms with E-state index in [0.29, 0.717) is 5.75 Å². The first-order valence-electron chi connectivity index (χ1n) is 12.0. The Morgan fingerprint density at radius 1 is 0.622 bits per heavy atom. The summed E-state index contributed by atoms with van der Waals surface area (Å²) in [4.78, 5) is 0. The maximum atomic E-state index is 10.7. The minimum absolute atomic E-state index is 0.350. The third-order valence-electron chi connectivity index (χ3n) is 5.61. The molecule has 0 spiro atoms. The summed E-state index contributed by atoms with van der Waals surface area (Å²) in [6, 6.07) is 27.7. The molecule has 0 aliphatic rings. The lowest BCUT2D eigenvalue weighted by Gasteiger charge is -2.12. The Kier molecular flexibility index (Phi) is 10.8. The van der Waals surface area contributed by atoms with Crippen LogP contribution in [0.1, 0.15) is 33.4 Å². The molecule has 0 fully saturated rings. The predicted molar refractivity (Wildman–Crippen MR) is 157 cm³/mol. The minimum atomic E-state index is -3.39. The van der Waals surface area contributed by atoms with Crippen LogP contribution in [0, 0.1) is 41.5 Å². The van der Waals surface area contributed by atoms with E-state index in [0.717, 1.165) is 34.3 Å². The zero-order valence-corrected chi connectivity index (χ0v) is 23.6. The van der Waals surface area contributed by atoms with Crippen molar-refractivity contribution in [2.75, 3.05) is 17.3 Å². The van der Waals surface area contributed by atoms with Crippen LogP contribution < -0.4 is 15.2 Å². The highest BCUT2D eigenvalue weighted by Gasteiger charge is 2.03. The van der Waals surface area contributed by atoms with E-state index in [1.807, 2.05) is 39.0 Å². The van der Waals surface area contributed by atoms with Gasteiger partial charge in [-0.1, -0.05) is 71.8 Å². The van der Waals surface area contributed by atoms with E-state index < -0.39 is 10.1 Å². The van der Waals surface area contributed by atoms with Crippen molar-refractivity contribution in [2.45, 2.75) is 41.5 Å². The van der Waals surface area contributed by atoms with Gasteiger partial charge in [0.05, 0.1) is 6.26 Å². The fourth-order valence-electron chi connectivity index (χ4n) is 3.39. The zero-order valence-electron chi connectivity index (χ0n) is 22.8. The van der Waals surface area contributed by atoms with Crippen molar-refractivity contribution in [3.05, 3.63) is 118 Å². The molecule has 4 aromatic rings. The normalized spacial score (nSPS) is 10.4. The summed E-state index contributed by atoms with van der Waals surface area (Å²) in [5.74, 6) is 0.350. The Balaban J connectivity index is 0.000000204. The highest BCUT2D eigenvalue weighted by atomic mass is 32.2. The number of rotatable bonds is 4. The Morgan fingerprint density at radius 2 is 1.03 bits per heavy atom. The Morgan fingerprint density at radius 3 is 1.43 bits per heavy atom. The maximum Gasteiger partial charge on any atom is 0.306 e. The maximum absolute atomic E-state index is 10.7. The molecule has 3 N–H and O–H groups in total. The number of hydrogen-bond donors (Lipinski definition) is 2. The van der Waals surface area contributed by atoms with E-state index in [2.05, 4.69) is 72.7 Å². The summed E-state index contributed by atoms with van der Waals surface area (Å²) in [5.41, 5.74) is 16.2. The lowest BCUT2D eigenvalue weighted by atomic mass is 10.1. The van der Waals surface area contributed by atoms with Crippen molar-refractivity contribution in [1.29, 1.82) is 0 Å². The minimum Gasteiger partial charge on any atom is -0.398 e. The molecule has 37 heavy (non-hydrogen) atoms. The fourth-order valence-corrected chi connectivity index (χ4v) is 3.85. The van der Waals surface area contributed by atoms with Gasteiger partial charge < -0.3 is 15.2 Å². The fraction of sp³-hybridized carbons (Fsp3) is 0.226. The van der Waals surface area contributed by atoms with E-state index >= 15 is 0 Å². The molecule has 0 amide bonds. The van der Waals surface area contributed by atoms with Crippen LogP contribution in [-0.4, -0.2) is 14.7 Å². The lowest BCUT2D eigenvalue weighted by Crippen LogP contribution is -2.05. The first-order valence-corrected chi connectivity index (χ1v) is 13.8. The van der Waals surface area contributed by atoms with Crippen LogP contribution in [0.4, 0.5) is 17.1 Å². The number of para-hydroxylation sites is 2. The number of nitrogen functional groups attached to an aromatic ring is 1. The van der Waals surface area contributed by atoms with Crippen LogP contribution in [0.3, 0.4) is 0 Å². The lowest BCUT2D eigenvalue weighted by molar-refractivity contribution is 0.493.